The number of likely N-dealkylation sites (tertiary alicyclic amines) is 1. The Labute approximate surface area is 122 Å². The van der Waals surface area contributed by atoms with E-state index in [-0.39, 0.29) is 11.9 Å². The van der Waals surface area contributed by atoms with E-state index in [0.29, 0.717) is 6.04 Å². The number of carbonyl (C=O) groups is 1. The third kappa shape index (κ3) is 3.21. The van der Waals surface area contributed by atoms with Gasteiger partial charge in [0.15, 0.2) is 0 Å². The number of anilines is 1. The van der Waals surface area contributed by atoms with Crippen LogP contribution >= 0.6 is 0 Å². The largest absolute Gasteiger partial charge is 0.324 e. The van der Waals surface area contributed by atoms with Gasteiger partial charge in [-0.15, -0.1) is 0 Å². The SMILES string of the molecule is Cc1cccc(C)c1NC(=O)[C@H]1CCCCN1C(C)C. The van der Waals surface area contributed by atoms with E-state index in [1.807, 2.05) is 32.0 Å². The minimum absolute atomic E-state index is 0.0164. The second-order valence-corrected chi connectivity index (χ2v) is 6.10. The van der Waals surface area contributed by atoms with Crippen LogP contribution in [0.1, 0.15) is 44.2 Å². The summed E-state index contributed by atoms with van der Waals surface area (Å²) in [5.74, 6) is 0.149. The van der Waals surface area contributed by atoms with Crippen molar-refractivity contribution < 1.29 is 4.79 Å². The summed E-state index contributed by atoms with van der Waals surface area (Å²) in [4.78, 5) is 15.0. The summed E-state index contributed by atoms with van der Waals surface area (Å²) in [5.41, 5.74) is 3.24. The molecule has 3 nitrogen and oxygen atoms in total. The molecule has 0 bridgehead atoms. The smallest absolute Gasteiger partial charge is 0.241 e. The summed E-state index contributed by atoms with van der Waals surface area (Å²) < 4.78 is 0. The van der Waals surface area contributed by atoms with E-state index in [0.717, 1.165) is 36.2 Å². The minimum Gasteiger partial charge on any atom is -0.324 e. The van der Waals surface area contributed by atoms with Gasteiger partial charge in [0.25, 0.3) is 0 Å². The van der Waals surface area contributed by atoms with E-state index in [4.69, 9.17) is 0 Å². The Hall–Kier alpha value is -1.35. The van der Waals surface area contributed by atoms with Gasteiger partial charge in [-0.2, -0.15) is 0 Å². The van der Waals surface area contributed by atoms with Gasteiger partial charge >= 0.3 is 0 Å². The van der Waals surface area contributed by atoms with Crippen molar-refractivity contribution >= 4 is 11.6 Å². The molecular formula is C17H26N2O. The van der Waals surface area contributed by atoms with Gasteiger partial charge in [-0.05, 0) is 58.2 Å². The molecule has 1 saturated heterocycles. The lowest BCUT2D eigenvalue weighted by Gasteiger charge is -2.37. The quantitative estimate of drug-likeness (QED) is 0.915. The molecular weight excluding hydrogens is 248 g/mol. The van der Waals surface area contributed by atoms with E-state index in [1.54, 1.807) is 0 Å². The number of piperidine rings is 1. The zero-order valence-electron chi connectivity index (χ0n) is 13.1. The first-order chi connectivity index (χ1) is 9.50. The number of aryl methyl sites for hydroxylation is 2. The Morgan fingerprint density at radius 2 is 1.90 bits per heavy atom. The lowest BCUT2D eigenvalue weighted by Crippen LogP contribution is -2.50. The van der Waals surface area contributed by atoms with Gasteiger partial charge in [0.05, 0.1) is 6.04 Å². The van der Waals surface area contributed by atoms with Crippen LogP contribution in [0.5, 0.6) is 0 Å². The zero-order valence-corrected chi connectivity index (χ0v) is 13.1. The predicted octanol–water partition coefficient (Wildman–Crippen LogP) is 3.50. The third-order valence-electron chi connectivity index (χ3n) is 4.24. The molecule has 0 aliphatic carbocycles. The molecule has 0 spiro atoms. The molecule has 1 aliphatic heterocycles. The summed E-state index contributed by atoms with van der Waals surface area (Å²) in [6.07, 6.45) is 3.31. The predicted molar refractivity (Wildman–Crippen MR) is 84.0 cm³/mol. The van der Waals surface area contributed by atoms with Gasteiger partial charge in [0, 0.05) is 11.7 Å². The number of nitrogens with zero attached hydrogens (tertiary/aromatic N) is 1. The summed E-state index contributed by atoms with van der Waals surface area (Å²) in [6, 6.07) is 6.56. The van der Waals surface area contributed by atoms with Gasteiger partial charge in [0.1, 0.15) is 0 Å². The Balaban J connectivity index is 2.14. The number of para-hydroxylation sites is 1. The van der Waals surface area contributed by atoms with Crippen LogP contribution in [0.2, 0.25) is 0 Å². The van der Waals surface area contributed by atoms with Crippen LogP contribution in [-0.4, -0.2) is 29.4 Å². The Morgan fingerprint density at radius 1 is 1.25 bits per heavy atom. The first-order valence-electron chi connectivity index (χ1n) is 7.63. The number of rotatable bonds is 3. The molecule has 1 atom stereocenters. The van der Waals surface area contributed by atoms with Crippen LogP contribution in [0.15, 0.2) is 18.2 Å². The molecule has 0 unspecified atom stereocenters. The van der Waals surface area contributed by atoms with Crippen molar-refractivity contribution in [2.75, 3.05) is 11.9 Å². The number of hydrogen-bond donors (Lipinski definition) is 1. The average molecular weight is 274 g/mol. The molecule has 20 heavy (non-hydrogen) atoms. The number of nitrogens with one attached hydrogen (secondary N) is 1. The minimum atomic E-state index is 0.0164. The van der Waals surface area contributed by atoms with E-state index in [1.165, 1.54) is 6.42 Å². The fraction of sp³-hybridized carbons (Fsp3) is 0.588. The van der Waals surface area contributed by atoms with Crippen molar-refractivity contribution in [2.45, 2.75) is 59.0 Å². The molecule has 1 N–H and O–H groups in total. The molecule has 1 amide bonds. The zero-order chi connectivity index (χ0) is 14.7. The van der Waals surface area contributed by atoms with Crippen LogP contribution in [0.4, 0.5) is 5.69 Å². The normalized spacial score (nSPS) is 20.1. The number of hydrogen-bond acceptors (Lipinski definition) is 2. The lowest BCUT2D eigenvalue weighted by molar-refractivity contribution is -0.123. The maximum atomic E-state index is 12.6. The van der Waals surface area contributed by atoms with Gasteiger partial charge in [0.2, 0.25) is 5.91 Å². The summed E-state index contributed by atoms with van der Waals surface area (Å²) in [6.45, 7) is 9.46. The lowest BCUT2D eigenvalue weighted by atomic mass is 9.99. The topological polar surface area (TPSA) is 32.3 Å². The van der Waals surface area contributed by atoms with Gasteiger partial charge in [-0.25, -0.2) is 0 Å². The van der Waals surface area contributed by atoms with Gasteiger partial charge < -0.3 is 5.32 Å². The molecule has 1 aliphatic rings. The monoisotopic (exact) mass is 274 g/mol. The Kier molecular flexibility index (Phi) is 4.81. The van der Waals surface area contributed by atoms with Crippen molar-refractivity contribution in [1.29, 1.82) is 0 Å². The van der Waals surface area contributed by atoms with Crippen molar-refractivity contribution in [3.63, 3.8) is 0 Å². The van der Waals surface area contributed by atoms with Crippen LogP contribution in [0.25, 0.3) is 0 Å². The fourth-order valence-electron chi connectivity index (χ4n) is 3.07. The van der Waals surface area contributed by atoms with E-state index in [2.05, 4.69) is 24.1 Å². The van der Waals surface area contributed by atoms with E-state index >= 15 is 0 Å². The van der Waals surface area contributed by atoms with Gasteiger partial charge in [-0.3, -0.25) is 9.69 Å². The van der Waals surface area contributed by atoms with E-state index in [9.17, 15) is 4.79 Å². The maximum Gasteiger partial charge on any atom is 0.241 e. The summed E-state index contributed by atoms with van der Waals surface area (Å²) in [7, 11) is 0. The molecule has 1 heterocycles. The van der Waals surface area contributed by atoms with E-state index < -0.39 is 0 Å². The van der Waals surface area contributed by atoms with Crippen molar-refractivity contribution in [1.82, 2.24) is 4.90 Å². The second-order valence-electron chi connectivity index (χ2n) is 6.10. The molecule has 110 valence electrons. The molecule has 1 aromatic carbocycles. The van der Waals surface area contributed by atoms with Crippen molar-refractivity contribution in [3.05, 3.63) is 29.3 Å². The van der Waals surface area contributed by atoms with Crippen LogP contribution in [-0.2, 0) is 4.79 Å². The number of amides is 1. The van der Waals surface area contributed by atoms with Crippen LogP contribution in [0.3, 0.4) is 0 Å². The highest BCUT2D eigenvalue weighted by Gasteiger charge is 2.30. The molecule has 1 aromatic rings. The van der Waals surface area contributed by atoms with Crippen molar-refractivity contribution in [2.24, 2.45) is 0 Å². The summed E-state index contributed by atoms with van der Waals surface area (Å²) >= 11 is 0. The molecule has 1 fully saturated rings. The first kappa shape index (κ1) is 15.0. The molecule has 0 saturated carbocycles. The molecule has 3 heteroatoms. The average Bonchev–Trinajstić information content (AvgIpc) is 2.43. The standard InChI is InChI=1S/C17H26N2O/c1-12(2)19-11-6-5-10-15(19)17(20)18-16-13(3)8-7-9-14(16)4/h7-9,12,15H,5-6,10-11H2,1-4H3,(H,18,20)/t15-/m1/s1. The Morgan fingerprint density at radius 3 is 2.50 bits per heavy atom. The summed E-state index contributed by atoms with van der Waals surface area (Å²) in [5, 5.41) is 3.15. The second kappa shape index (κ2) is 6.40. The van der Waals surface area contributed by atoms with Gasteiger partial charge in [-0.1, -0.05) is 24.6 Å². The highest BCUT2D eigenvalue weighted by atomic mass is 16.2. The highest BCUT2D eigenvalue weighted by Crippen LogP contribution is 2.24. The fourth-order valence-corrected chi connectivity index (χ4v) is 3.07. The van der Waals surface area contributed by atoms with Crippen LogP contribution < -0.4 is 5.32 Å². The highest BCUT2D eigenvalue weighted by molar-refractivity contribution is 5.96. The van der Waals surface area contributed by atoms with Crippen LogP contribution in [0, 0.1) is 13.8 Å². The molecule has 0 aromatic heterocycles. The first-order valence-corrected chi connectivity index (χ1v) is 7.63. The number of benzene rings is 1. The van der Waals surface area contributed by atoms with Crippen molar-refractivity contribution in [3.8, 4) is 0 Å². The number of carbonyl (C=O) groups excluding carboxylic acids is 1. The molecule has 0 radical (unpaired) electrons. The third-order valence-corrected chi connectivity index (χ3v) is 4.24. The maximum absolute atomic E-state index is 12.6. The molecule has 2 rings (SSSR count). The Bertz CT molecular complexity index is 462.